The lowest BCUT2D eigenvalue weighted by molar-refractivity contribution is 0.102. The molecule has 0 radical (unpaired) electrons. The average molecular weight is 411 g/mol. The van der Waals surface area contributed by atoms with Crippen molar-refractivity contribution in [1.29, 1.82) is 0 Å². The van der Waals surface area contributed by atoms with Crippen molar-refractivity contribution in [3.05, 3.63) is 70.7 Å². The summed E-state index contributed by atoms with van der Waals surface area (Å²) in [5.41, 5.74) is 4.28. The van der Waals surface area contributed by atoms with E-state index in [4.69, 9.17) is 4.74 Å². The van der Waals surface area contributed by atoms with Crippen LogP contribution in [0.4, 0.5) is 5.69 Å². The second-order valence-electron chi connectivity index (χ2n) is 6.77. The van der Waals surface area contributed by atoms with E-state index in [-0.39, 0.29) is 5.91 Å². The van der Waals surface area contributed by atoms with E-state index in [1.807, 2.05) is 59.4 Å². The van der Waals surface area contributed by atoms with Gasteiger partial charge in [-0.2, -0.15) is 0 Å². The van der Waals surface area contributed by atoms with Crippen molar-refractivity contribution in [2.75, 3.05) is 5.32 Å². The summed E-state index contributed by atoms with van der Waals surface area (Å²) in [7, 11) is 0. The van der Waals surface area contributed by atoms with E-state index in [0.29, 0.717) is 11.7 Å². The van der Waals surface area contributed by atoms with Crippen molar-refractivity contribution in [3.63, 3.8) is 0 Å². The number of anilines is 1. The van der Waals surface area contributed by atoms with Crippen LogP contribution in [0.1, 0.15) is 41.7 Å². The van der Waals surface area contributed by atoms with Crippen LogP contribution >= 0.6 is 23.1 Å². The average Bonchev–Trinajstić information content (AvgIpc) is 3.41. The molecule has 1 aliphatic rings. The van der Waals surface area contributed by atoms with Gasteiger partial charge in [0.15, 0.2) is 0 Å². The van der Waals surface area contributed by atoms with Gasteiger partial charge in [0.1, 0.15) is 5.75 Å². The Balaban J connectivity index is 1.43. The fourth-order valence-electron chi connectivity index (χ4n) is 3.28. The van der Waals surface area contributed by atoms with Gasteiger partial charge in [-0.1, -0.05) is 18.2 Å². The molecule has 1 aliphatic carbocycles. The molecule has 4 nitrogen and oxygen atoms in total. The number of hydrogen-bond donors (Lipinski definition) is 1. The molecule has 1 N–H and O–H groups in total. The SMILES string of the molecule is O=C(Nc1cccc(OC2CCCC2)c1)c1ccccc1SCc1cscn1. The van der Waals surface area contributed by atoms with E-state index in [0.717, 1.165) is 40.6 Å². The topological polar surface area (TPSA) is 51.2 Å². The molecule has 0 spiro atoms. The largest absolute Gasteiger partial charge is 0.490 e. The highest BCUT2D eigenvalue weighted by molar-refractivity contribution is 7.98. The minimum Gasteiger partial charge on any atom is -0.490 e. The van der Waals surface area contributed by atoms with Crippen LogP contribution in [0.25, 0.3) is 0 Å². The number of aromatic nitrogens is 1. The Kier molecular flexibility index (Phi) is 6.29. The van der Waals surface area contributed by atoms with Crippen LogP contribution in [0.5, 0.6) is 5.75 Å². The molecule has 0 bridgehead atoms. The zero-order chi connectivity index (χ0) is 19.2. The van der Waals surface area contributed by atoms with Crippen molar-refractivity contribution in [2.24, 2.45) is 0 Å². The van der Waals surface area contributed by atoms with Crippen molar-refractivity contribution in [2.45, 2.75) is 42.4 Å². The standard InChI is InChI=1S/C22H22N2O2S2/c25-22(20-10-3-4-11-21(20)28-14-17-13-27-15-23-17)24-16-6-5-9-19(12-16)26-18-7-1-2-8-18/h3-6,9-13,15,18H,1-2,7-8,14H2,(H,24,25). The van der Waals surface area contributed by atoms with E-state index in [1.54, 1.807) is 23.1 Å². The smallest absolute Gasteiger partial charge is 0.256 e. The van der Waals surface area contributed by atoms with Crippen molar-refractivity contribution in [3.8, 4) is 5.75 Å². The number of hydrogen-bond acceptors (Lipinski definition) is 5. The maximum Gasteiger partial charge on any atom is 0.256 e. The number of benzene rings is 2. The van der Waals surface area contributed by atoms with Crippen LogP contribution in [0.2, 0.25) is 0 Å². The van der Waals surface area contributed by atoms with Crippen molar-refractivity contribution >= 4 is 34.7 Å². The summed E-state index contributed by atoms with van der Waals surface area (Å²) < 4.78 is 6.05. The van der Waals surface area contributed by atoms with Gasteiger partial charge in [0.05, 0.1) is 22.9 Å². The Bertz CT molecular complexity index is 922. The number of amides is 1. The summed E-state index contributed by atoms with van der Waals surface area (Å²) in [6.07, 6.45) is 4.99. The molecule has 1 heterocycles. The Morgan fingerprint density at radius 3 is 2.86 bits per heavy atom. The van der Waals surface area contributed by atoms with Gasteiger partial charge in [0.25, 0.3) is 5.91 Å². The van der Waals surface area contributed by atoms with E-state index >= 15 is 0 Å². The molecule has 2 aromatic carbocycles. The van der Waals surface area contributed by atoms with E-state index in [2.05, 4.69) is 10.3 Å². The number of nitrogens with one attached hydrogen (secondary N) is 1. The van der Waals surface area contributed by atoms with Crippen LogP contribution in [0, 0.1) is 0 Å². The molecule has 3 aromatic rings. The van der Waals surface area contributed by atoms with Crippen LogP contribution in [-0.2, 0) is 5.75 Å². The minimum atomic E-state index is -0.112. The molecule has 6 heteroatoms. The van der Waals surface area contributed by atoms with E-state index < -0.39 is 0 Å². The molecule has 0 aliphatic heterocycles. The summed E-state index contributed by atoms with van der Waals surface area (Å²) in [6.45, 7) is 0. The Hall–Kier alpha value is -2.31. The molecule has 4 rings (SSSR count). The summed E-state index contributed by atoms with van der Waals surface area (Å²) in [5.74, 6) is 1.45. The first-order chi connectivity index (χ1) is 13.8. The lowest BCUT2D eigenvalue weighted by Crippen LogP contribution is -2.14. The first-order valence-corrected chi connectivity index (χ1v) is 11.4. The van der Waals surface area contributed by atoms with Crippen molar-refractivity contribution in [1.82, 2.24) is 4.98 Å². The van der Waals surface area contributed by atoms with Gasteiger partial charge >= 0.3 is 0 Å². The van der Waals surface area contributed by atoms with Gasteiger partial charge in [-0.05, 0) is 49.9 Å². The number of thiazole rings is 1. The molecule has 28 heavy (non-hydrogen) atoms. The maximum absolute atomic E-state index is 12.9. The number of carbonyl (C=O) groups excluding carboxylic acids is 1. The number of thioether (sulfide) groups is 1. The third-order valence-electron chi connectivity index (χ3n) is 4.69. The van der Waals surface area contributed by atoms with Gasteiger partial charge in [-0.25, -0.2) is 4.98 Å². The first kappa shape index (κ1) is 19.0. The molecule has 1 saturated carbocycles. The van der Waals surface area contributed by atoms with Crippen molar-refractivity contribution < 1.29 is 9.53 Å². The molecule has 1 fully saturated rings. The third kappa shape index (κ3) is 4.94. The van der Waals surface area contributed by atoms with E-state index in [9.17, 15) is 4.79 Å². The van der Waals surface area contributed by atoms with E-state index in [1.165, 1.54) is 12.8 Å². The summed E-state index contributed by atoms with van der Waals surface area (Å²) in [5, 5.41) is 5.04. The maximum atomic E-state index is 12.9. The van der Waals surface area contributed by atoms with Gasteiger partial charge in [0, 0.05) is 27.8 Å². The molecule has 0 unspecified atom stereocenters. The molecular weight excluding hydrogens is 388 g/mol. The fourth-order valence-corrected chi connectivity index (χ4v) is 4.90. The summed E-state index contributed by atoms with van der Waals surface area (Å²) in [4.78, 5) is 18.1. The zero-order valence-electron chi connectivity index (χ0n) is 15.5. The lowest BCUT2D eigenvalue weighted by atomic mass is 10.2. The number of carbonyl (C=O) groups is 1. The highest BCUT2D eigenvalue weighted by Crippen LogP contribution is 2.28. The Labute approximate surface area is 173 Å². The number of rotatable bonds is 7. The molecular formula is C22H22N2O2S2. The second-order valence-corrected chi connectivity index (χ2v) is 8.51. The summed E-state index contributed by atoms with van der Waals surface area (Å²) >= 11 is 3.21. The van der Waals surface area contributed by atoms with Gasteiger partial charge in [0.2, 0.25) is 0 Å². The van der Waals surface area contributed by atoms with Gasteiger partial charge < -0.3 is 10.1 Å². The van der Waals surface area contributed by atoms with Crippen LogP contribution in [0.3, 0.4) is 0 Å². The summed E-state index contributed by atoms with van der Waals surface area (Å²) in [6, 6.07) is 15.3. The normalized spacial score (nSPS) is 14.1. The predicted octanol–water partition coefficient (Wildman–Crippen LogP) is 6.01. The zero-order valence-corrected chi connectivity index (χ0v) is 17.1. The monoisotopic (exact) mass is 410 g/mol. The highest BCUT2D eigenvalue weighted by Gasteiger charge is 2.17. The minimum absolute atomic E-state index is 0.112. The highest BCUT2D eigenvalue weighted by atomic mass is 32.2. The van der Waals surface area contributed by atoms with Crippen LogP contribution in [0.15, 0.2) is 64.3 Å². The quantitative estimate of drug-likeness (QED) is 0.485. The second kappa shape index (κ2) is 9.26. The Morgan fingerprint density at radius 2 is 2.04 bits per heavy atom. The van der Waals surface area contributed by atoms with Crippen LogP contribution < -0.4 is 10.1 Å². The molecule has 0 saturated heterocycles. The molecule has 1 amide bonds. The third-order valence-corrected chi connectivity index (χ3v) is 6.43. The number of ether oxygens (including phenoxy) is 1. The molecule has 0 atom stereocenters. The fraction of sp³-hybridized carbons (Fsp3) is 0.273. The molecule has 1 aromatic heterocycles. The predicted molar refractivity (Wildman–Crippen MR) is 115 cm³/mol. The first-order valence-electron chi connectivity index (χ1n) is 9.45. The van der Waals surface area contributed by atoms with Gasteiger partial charge in [-0.15, -0.1) is 23.1 Å². The molecule has 144 valence electrons. The van der Waals surface area contributed by atoms with Crippen LogP contribution in [-0.4, -0.2) is 17.0 Å². The Morgan fingerprint density at radius 1 is 1.18 bits per heavy atom. The number of nitrogens with zero attached hydrogens (tertiary/aromatic N) is 1. The lowest BCUT2D eigenvalue weighted by Gasteiger charge is -2.14. The van der Waals surface area contributed by atoms with Gasteiger partial charge in [-0.3, -0.25) is 4.79 Å².